The molecule has 1 aromatic rings. The van der Waals surface area contributed by atoms with Crippen molar-refractivity contribution in [2.24, 2.45) is 0 Å². The van der Waals surface area contributed by atoms with Crippen molar-refractivity contribution in [1.82, 2.24) is 5.32 Å². The number of ether oxygens (including phenoxy) is 1. The van der Waals surface area contributed by atoms with E-state index in [1.807, 2.05) is 6.07 Å². The maximum atomic E-state index is 6.30. The van der Waals surface area contributed by atoms with Gasteiger partial charge in [-0.15, -0.1) is 0 Å². The molecule has 0 saturated carbocycles. The third-order valence-corrected chi connectivity index (χ3v) is 5.04. The van der Waals surface area contributed by atoms with Crippen molar-refractivity contribution in [1.29, 1.82) is 0 Å². The van der Waals surface area contributed by atoms with Crippen LogP contribution in [0, 0.1) is 0 Å². The zero-order chi connectivity index (χ0) is 11.3. The van der Waals surface area contributed by atoms with Crippen LogP contribution in [0.2, 0.25) is 5.02 Å². The van der Waals surface area contributed by atoms with Crippen LogP contribution in [0.15, 0.2) is 16.6 Å². The Morgan fingerprint density at radius 3 is 3.19 bits per heavy atom. The second-order valence-corrected chi connectivity index (χ2v) is 5.95. The fourth-order valence-electron chi connectivity index (χ4n) is 2.71. The van der Waals surface area contributed by atoms with Crippen molar-refractivity contribution in [3.8, 4) is 0 Å². The number of fused-ring (bicyclic) bond motifs is 3. The minimum absolute atomic E-state index is 0.0653. The van der Waals surface area contributed by atoms with Crippen LogP contribution in [0.3, 0.4) is 0 Å². The molecule has 0 amide bonds. The van der Waals surface area contributed by atoms with Crippen LogP contribution in [0.1, 0.15) is 24.0 Å². The summed E-state index contributed by atoms with van der Waals surface area (Å²) in [5.74, 6) is 0.418. The molecule has 2 atom stereocenters. The average Bonchev–Trinajstić information content (AvgIpc) is 2.65. The molecular formula is C12H13BrClNO. The molecule has 0 aromatic heterocycles. The molecule has 2 heterocycles. The molecule has 2 aliphatic rings. The highest BCUT2D eigenvalue weighted by Crippen LogP contribution is 2.44. The van der Waals surface area contributed by atoms with Crippen LogP contribution in [0.25, 0.3) is 0 Å². The van der Waals surface area contributed by atoms with Crippen LogP contribution >= 0.6 is 27.5 Å². The van der Waals surface area contributed by atoms with Crippen molar-refractivity contribution in [2.45, 2.75) is 25.0 Å². The summed E-state index contributed by atoms with van der Waals surface area (Å²) in [5.41, 5.74) is 2.42. The Morgan fingerprint density at radius 2 is 2.38 bits per heavy atom. The van der Waals surface area contributed by atoms with Gasteiger partial charge < -0.3 is 10.1 Å². The number of hydrogen-bond acceptors (Lipinski definition) is 2. The van der Waals surface area contributed by atoms with Crippen LogP contribution in [-0.4, -0.2) is 18.7 Å². The van der Waals surface area contributed by atoms with Gasteiger partial charge in [0, 0.05) is 29.0 Å². The Bertz CT molecular complexity index is 451. The van der Waals surface area contributed by atoms with Crippen LogP contribution in [0.5, 0.6) is 0 Å². The van der Waals surface area contributed by atoms with E-state index in [4.69, 9.17) is 16.3 Å². The quantitative estimate of drug-likeness (QED) is 0.795. The SMILES string of the molecule is C[C@@]12CNC[C@H]1c1ccc(Br)c(Cl)c1CO2. The van der Waals surface area contributed by atoms with E-state index in [1.54, 1.807) is 0 Å². The molecule has 0 radical (unpaired) electrons. The predicted molar refractivity (Wildman–Crippen MR) is 68.0 cm³/mol. The summed E-state index contributed by atoms with van der Waals surface area (Å²) in [5, 5.41) is 4.20. The summed E-state index contributed by atoms with van der Waals surface area (Å²) < 4.78 is 6.93. The smallest absolute Gasteiger partial charge is 0.0863 e. The molecule has 1 N–H and O–H groups in total. The lowest BCUT2D eigenvalue weighted by molar-refractivity contribution is -0.0517. The first-order chi connectivity index (χ1) is 7.62. The summed E-state index contributed by atoms with van der Waals surface area (Å²) >= 11 is 9.76. The minimum atomic E-state index is -0.0653. The largest absolute Gasteiger partial charge is 0.369 e. The molecule has 1 fully saturated rings. The van der Waals surface area contributed by atoms with Gasteiger partial charge in [0.1, 0.15) is 0 Å². The molecule has 2 aliphatic heterocycles. The Kier molecular flexibility index (Phi) is 2.55. The van der Waals surface area contributed by atoms with Gasteiger partial charge in [-0.3, -0.25) is 0 Å². The zero-order valence-electron chi connectivity index (χ0n) is 9.02. The van der Waals surface area contributed by atoms with Gasteiger partial charge >= 0.3 is 0 Å². The van der Waals surface area contributed by atoms with Crippen molar-refractivity contribution in [2.75, 3.05) is 13.1 Å². The minimum Gasteiger partial charge on any atom is -0.369 e. The van der Waals surface area contributed by atoms with Crippen molar-refractivity contribution in [3.05, 3.63) is 32.8 Å². The van der Waals surface area contributed by atoms with Gasteiger partial charge in [-0.1, -0.05) is 17.7 Å². The monoisotopic (exact) mass is 301 g/mol. The first kappa shape index (κ1) is 11.0. The van der Waals surface area contributed by atoms with Crippen LogP contribution in [-0.2, 0) is 11.3 Å². The fourth-order valence-corrected chi connectivity index (χ4v) is 3.31. The number of benzene rings is 1. The van der Waals surface area contributed by atoms with E-state index >= 15 is 0 Å². The van der Waals surface area contributed by atoms with Gasteiger partial charge in [0.05, 0.1) is 17.2 Å². The normalized spacial score (nSPS) is 32.3. The third-order valence-electron chi connectivity index (χ3n) is 3.72. The molecule has 0 aliphatic carbocycles. The van der Waals surface area contributed by atoms with E-state index in [1.165, 1.54) is 5.56 Å². The molecule has 2 nitrogen and oxygen atoms in total. The number of nitrogens with one attached hydrogen (secondary N) is 1. The fraction of sp³-hybridized carbons (Fsp3) is 0.500. The lowest BCUT2D eigenvalue weighted by Crippen LogP contribution is -2.39. The molecule has 0 bridgehead atoms. The second kappa shape index (κ2) is 3.70. The van der Waals surface area contributed by atoms with E-state index in [-0.39, 0.29) is 5.60 Å². The molecule has 3 rings (SSSR count). The summed E-state index contributed by atoms with van der Waals surface area (Å²) in [6.45, 7) is 4.69. The van der Waals surface area contributed by atoms with E-state index in [2.05, 4.69) is 34.2 Å². The maximum Gasteiger partial charge on any atom is 0.0863 e. The van der Waals surface area contributed by atoms with E-state index in [0.29, 0.717) is 12.5 Å². The highest BCUT2D eigenvalue weighted by atomic mass is 79.9. The Labute approximate surface area is 108 Å². The highest BCUT2D eigenvalue weighted by molar-refractivity contribution is 9.10. The standard InChI is InChI=1S/C12H13BrClNO/c1-12-6-15-4-9(12)7-2-3-10(13)11(14)8(7)5-16-12/h2-3,9,15H,4-6H2,1H3/t9-,12+/m0/s1. The lowest BCUT2D eigenvalue weighted by atomic mass is 9.81. The molecule has 16 heavy (non-hydrogen) atoms. The summed E-state index contributed by atoms with van der Waals surface area (Å²) in [6, 6.07) is 4.20. The third kappa shape index (κ3) is 1.46. The van der Waals surface area contributed by atoms with Crippen LogP contribution in [0.4, 0.5) is 0 Å². The van der Waals surface area contributed by atoms with Crippen LogP contribution < -0.4 is 5.32 Å². The lowest BCUT2D eigenvalue weighted by Gasteiger charge is -2.37. The van der Waals surface area contributed by atoms with Crippen molar-refractivity contribution < 1.29 is 4.74 Å². The van der Waals surface area contributed by atoms with Gasteiger partial charge in [0.2, 0.25) is 0 Å². The van der Waals surface area contributed by atoms with Gasteiger partial charge in [-0.05, 0) is 34.5 Å². The second-order valence-electron chi connectivity index (χ2n) is 4.71. The molecular weight excluding hydrogens is 289 g/mol. The summed E-state index contributed by atoms with van der Waals surface area (Å²) in [7, 11) is 0. The Hall–Kier alpha value is -0.0900. The van der Waals surface area contributed by atoms with Gasteiger partial charge in [0.25, 0.3) is 0 Å². The highest BCUT2D eigenvalue weighted by Gasteiger charge is 2.44. The summed E-state index contributed by atoms with van der Waals surface area (Å²) in [6.07, 6.45) is 0. The van der Waals surface area contributed by atoms with Gasteiger partial charge in [-0.25, -0.2) is 0 Å². The molecule has 1 aromatic carbocycles. The average molecular weight is 303 g/mol. The number of halogens is 2. The predicted octanol–water partition coefficient (Wildman–Crippen LogP) is 3.08. The van der Waals surface area contributed by atoms with E-state index in [0.717, 1.165) is 28.1 Å². The van der Waals surface area contributed by atoms with E-state index in [9.17, 15) is 0 Å². The molecule has 86 valence electrons. The van der Waals surface area contributed by atoms with Gasteiger partial charge in [-0.2, -0.15) is 0 Å². The zero-order valence-corrected chi connectivity index (χ0v) is 11.4. The van der Waals surface area contributed by atoms with Crippen molar-refractivity contribution >= 4 is 27.5 Å². The molecule has 4 heteroatoms. The maximum absolute atomic E-state index is 6.30. The topological polar surface area (TPSA) is 21.3 Å². The van der Waals surface area contributed by atoms with Crippen molar-refractivity contribution in [3.63, 3.8) is 0 Å². The molecule has 0 spiro atoms. The summed E-state index contributed by atoms with van der Waals surface area (Å²) in [4.78, 5) is 0. The van der Waals surface area contributed by atoms with Gasteiger partial charge in [0.15, 0.2) is 0 Å². The molecule has 0 unspecified atom stereocenters. The number of hydrogen-bond donors (Lipinski definition) is 1. The Morgan fingerprint density at radius 1 is 1.56 bits per heavy atom. The van der Waals surface area contributed by atoms with E-state index < -0.39 is 0 Å². The Balaban J connectivity index is 2.14. The number of rotatable bonds is 0. The first-order valence-corrected chi connectivity index (χ1v) is 6.60. The first-order valence-electron chi connectivity index (χ1n) is 5.43. The molecule has 1 saturated heterocycles.